The van der Waals surface area contributed by atoms with Crippen molar-refractivity contribution in [3.05, 3.63) is 0 Å². The second-order valence-electron chi connectivity index (χ2n) is 7.00. The number of hydrogen-bond donors (Lipinski definition) is 2. The molecule has 0 aliphatic carbocycles. The number of nitrogens with one attached hydrogen (secondary N) is 2. The van der Waals surface area contributed by atoms with Gasteiger partial charge in [-0.2, -0.15) is 0 Å². The fourth-order valence-corrected chi connectivity index (χ4v) is 2.03. The molecular weight excluding hydrogens is 371 g/mol. The van der Waals surface area contributed by atoms with Crippen LogP contribution in [0.4, 0.5) is 4.39 Å². The molecule has 0 aliphatic heterocycles. The van der Waals surface area contributed by atoms with E-state index in [2.05, 4.69) is 24.5 Å². The molecule has 0 spiro atoms. The Labute approximate surface area is 168 Å². The first-order valence-corrected chi connectivity index (χ1v) is 9.89. The Bertz CT molecular complexity index is 361. The molecule has 0 aromatic heterocycles. The molecule has 28 heavy (non-hydrogen) atoms. The highest BCUT2D eigenvalue weighted by Crippen LogP contribution is 2.17. The van der Waals surface area contributed by atoms with Gasteiger partial charge < -0.3 is 34.3 Å². The van der Waals surface area contributed by atoms with Crippen LogP contribution in [-0.2, 0) is 28.5 Å². The fraction of sp³-hybridized carbons (Fsp3) is 0.947. The first-order chi connectivity index (χ1) is 13.4. The number of amides is 1. The molecule has 0 aromatic carbocycles. The van der Waals surface area contributed by atoms with Crippen LogP contribution in [0.15, 0.2) is 0 Å². The summed E-state index contributed by atoms with van der Waals surface area (Å²) in [6, 6.07) is 0.472. The maximum atomic E-state index is 13.8. The first-order valence-electron chi connectivity index (χ1n) is 9.89. The topological polar surface area (TPSA) is 87.3 Å². The lowest BCUT2D eigenvalue weighted by Gasteiger charge is -2.28. The summed E-state index contributed by atoms with van der Waals surface area (Å²) in [6.07, 6.45) is -0.819. The average molecular weight is 411 g/mol. The monoisotopic (exact) mass is 410 g/mol. The van der Waals surface area contributed by atoms with Crippen LogP contribution in [-0.4, -0.2) is 96.8 Å². The van der Waals surface area contributed by atoms with Gasteiger partial charge in [-0.15, -0.1) is 0 Å². The smallest absolute Gasteiger partial charge is 0.207 e. The van der Waals surface area contributed by atoms with Gasteiger partial charge in [-0.25, -0.2) is 4.39 Å². The van der Waals surface area contributed by atoms with Gasteiger partial charge in [0.05, 0.1) is 71.6 Å². The summed E-state index contributed by atoms with van der Waals surface area (Å²) in [6.45, 7) is 12.6. The highest BCUT2D eigenvalue weighted by molar-refractivity contribution is 5.45. The summed E-state index contributed by atoms with van der Waals surface area (Å²) < 4.78 is 40.9. The minimum atomic E-state index is -1.29. The number of rotatable bonds is 21. The average Bonchev–Trinajstić information content (AvgIpc) is 2.65. The van der Waals surface area contributed by atoms with Crippen LogP contribution in [0.3, 0.4) is 0 Å². The highest BCUT2D eigenvalue weighted by atomic mass is 19.1. The zero-order valence-electron chi connectivity index (χ0n) is 17.8. The zero-order chi connectivity index (χ0) is 21.1. The van der Waals surface area contributed by atoms with Gasteiger partial charge in [-0.05, 0) is 13.8 Å². The van der Waals surface area contributed by atoms with Crippen molar-refractivity contribution in [2.45, 2.75) is 45.5 Å². The van der Waals surface area contributed by atoms with E-state index in [1.165, 1.54) is 0 Å². The van der Waals surface area contributed by atoms with Crippen molar-refractivity contribution in [2.75, 3.05) is 72.6 Å². The molecule has 0 aromatic rings. The number of halogens is 1. The number of ether oxygens (including phenoxy) is 5. The van der Waals surface area contributed by atoms with Crippen molar-refractivity contribution in [3.8, 4) is 0 Å². The SMILES string of the molecule is CC(C)NCCOCCOCCOCCOCCOC(C)(C)C(F)CNC=O. The van der Waals surface area contributed by atoms with E-state index < -0.39 is 11.8 Å². The van der Waals surface area contributed by atoms with Crippen LogP contribution < -0.4 is 10.6 Å². The Balaban J connectivity index is 3.30. The van der Waals surface area contributed by atoms with E-state index in [0.717, 1.165) is 6.54 Å². The van der Waals surface area contributed by atoms with Crippen LogP contribution in [0.1, 0.15) is 27.7 Å². The number of alkyl halides is 1. The van der Waals surface area contributed by atoms with Crippen LogP contribution in [0.2, 0.25) is 0 Å². The lowest BCUT2D eigenvalue weighted by Crippen LogP contribution is -2.43. The maximum absolute atomic E-state index is 13.8. The van der Waals surface area contributed by atoms with Gasteiger partial charge >= 0.3 is 0 Å². The zero-order valence-corrected chi connectivity index (χ0v) is 17.8. The molecule has 9 heteroatoms. The van der Waals surface area contributed by atoms with Crippen molar-refractivity contribution in [1.29, 1.82) is 0 Å². The summed E-state index contributed by atoms with van der Waals surface area (Å²) >= 11 is 0. The lowest BCUT2D eigenvalue weighted by molar-refractivity contribution is -0.111. The molecule has 0 bridgehead atoms. The third kappa shape index (κ3) is 17.3. The molecule has 0 saturated heterocycles. The van der Waals surface area contributed by atoms with Crippen LogP contribution in [0.5, 0.6) is 0 Å². The Hall–Kier alpha value is -0.840. The van der Waals surface area contributed by atoms with E-state index in [4.69, 9.17) is 23.7 Å². The predicted molar refractivity (Wildman–Crippen MR) is 105 cm³/mol. The van der Waals surface area contributed by atoms with Gasteiger partial charge in [-0.1, -0.05) is 13.8 Å². The second kappa shape index (κ2) is 18.2. The summed E-state index contributed by atoms with van der Waals surface area (Å²) in [4.78, 5) is 10.2. The van der Waals surface area contributed by atoms with Crippen molar-refractivity contribution in [1.82, 2.24) is 10.6 Å². The molecule has 0 heterocycles. The Morgan fingerprint density at radius 2 is 1.32 bits per heavy atom. The van der Waals surface area contributed by atoms with E-state index >= 15 is 0 Å². The van der Waals surface area contributed by atoms with Crippen molar-refractivity contribution in [2.24, 2.45) is 0 Å². The van der Waals surface area contributed by atoms with E-state index in [1.54, 1.807) is 13.8 Å². The minimum absolute atomic E-state index is 0.0747. The molecule has 1 atom stereocenters. The number of carbonyl (C=O) groups is 1. The van der Waals surface area contributed by atoms with Crippen molar-refractivity contribution >= 4 is 6.41 Å². The molecule has 1 amide bonds. The summed E-state index contributed by atoms with van der Waals surface area (Å²) in [5, 5.41) is 5.58. The first kappa shape index (κ1) is 27.2. The molecule has 168 valence electrons. The van der Waals surface area contributed by atoms with Gasteiger partial charge in [0, 0.05) is 12.6 Å². The summed E-state index contributed by atoms with van der Waals surface area (Å²) in [5.74, 6) is 0. The largest absolute Gasteiger partial charge is 0.378 e. The lowest BCUT2D eigenvalue weighted by atomic mass is 10.0. The van der Waals surface area contributed by atoms with E-state index in [-0.39, 0.29) is 13.2 Å². The third-order valence-corrected chi connectivity index (χ3v) is 3.75. The normalized spacial score (nSPS) is 13.1. The van der Waals surface area contributed by atoms with E-state index in [0.29, 0.717) is 65.3 Å². The van der Waals surface area contributed by atoms with Crippen LogP contribution >= 0.6 is 0 Å². The van der Waals surface area contributed by atoms with Gasteiger partial charge in [0.15, 0.2) is 0 Å². The summed E-state index contributed by atoms with van der Waals surface area (Å²) in [7, 11) is 0. The van der Waals surface area contributed by atoms with Gasteiger partial charge in [-0.3, -0.25) is 4.79 Å². The standard InChI is InChI=1S/C19H39FN2O6/c1-17(2)22-5-6-24-7-8-25-9-10-26-11-12-27-13-14-28-19(3,4)18(20)15-21-16-23/h16-18,22H,5-15H2,1-4H3,(H,21,23). The number of hydrogen-bond acceptors (Lipinski definition) is 7. The number of carbonyl (C=O) groups excluding carboxylic acids is 1. The van der Waals surface area contributed by atoms with Crippen molar-refractivity contribution in [3.63, 3.8) is 0 Å². The molecule has 0 fully saturated rings. The van der Waals surface area contributed by atoms with Gasteiger partial charge in [0.1, 0.15) is 6.17 Å². The van der Waals surface area contributed by atoms with Crippen LogP contribution in [0.25, 0.3) is 0 Å². The van der Waals surface area contributed by atoms with E-state index in [1.807, 2.05) is 0 Å². The molecule has 0 saturated carbocycles. The Morgan fingerprint density at radius 1 is 0.857 bits per heavy atom. The van der Waals surface area contributed by atoms with Crippen LogP contribution in [0, 0.1) is 0 Å². The highest BCUT2D eigenvalue weighted by Gasteiger charge is 2.30. The quantitative estimate of drug-likeness (QED) is 0.215. The second-order valence-corrected chi connectivity index (χ2v) is 7.00. The maximum Gasteiger partial charge on any atom is 0.207 e. The molecule has 2 N–H and O–H groups in total. The van der Waals surface area contributed by atoms with E-state index in [9.17, 15) is 9.18 Å². The minimum Gasteiger partial charge on any atom is -0.378 e. The molecule has 0 radical (unpaired) electrons. The molecule has 8 nitrogen and oxygen atoms in total. The molecule has 1 unspecified atom stereocenters. The fourth-order valence-electron chi connectivity index (χ4n) is 2.03. The van der Waals surface area contributed by atoms with Gasteiger partial charge in [0.25, 0.3) is 0 Å². The van der Waals surface area contributed by atoms with Crippen molar-refractivity contribution < 1.29 is 32.9 Å². The molecular formula is C19H39FN2O6. The Morgan fingerprint density at radius 3 is 1.79 bits per heavy atom. The molecule has 0 rings (SSSR count). The predicted octanol–water partition coefficient (Wildman–Crippen LogP) is 0.930. The van der Waals surface area contributed by atoms with Gasteiger partial charge in [0.2, 0.25) is 6.41 Å². The summed E-state index contributed by atoms with van der Waals surface area (Å²) in [5.41, 5.74) is -0.984. The third-order valence-electron chi connectivity index (χ3n) is 3.75. The Kier molecular flexibility index (Phi) is 17.7. The molecule has 0 aliphatic rings.